The Morgan fingerprint density at radius 3 is 2.60 bits per heavy atom. The molecule has 1 aliphatic rings. The molecule has 0 aromatic rings. The van der Waals surface area contributed by atoms with Gasteiger partial charge in [-0.15, -0.1) is 0 Å². The normalized spacial score (nSPS) is 29.1. The van der Waals surface area contributed by atoms with Crippen LogP contribution in [-0.2, 0) is 4.79 Å². The Hall–Kier alpha value is -0.610. The number of aliphatic hydroxyl groups excluding tert-OH is 1. The Kier molecular flexibility index (Phi) is 3.73. The third kappa shape index (κ3) is 2.92. The van der Waals surface area contributed by atoms with E-state index in [2.05, 4.69) is 5.32 Å². The summed E-state index contributed by atoms with van der Waals surface area (Å²) in [5.41, 5.74) is -0.170. The molecule has 2 unspecified atom stereocenters. The van der Waals surface area contributed by atoms with Crippen LogP contribution in [0, 0.1) is 0 Å². The highest BCUT2D eigenvalue weighted by Gasteiger charge is 2.34. The number of carbonyl (C=O) groups excluding carboxylic acids is 1. The van der Waals surface area contributed by atoms with Crippen LogP contribution in [0.3, 0.4) is 0 Å². The number of rotatable bonds is 1. The van der Waals surface area contributed by atoms with E-state index < -0.39 is 6.04 Å². The van der Waals surface area contributed by atoms with Gasteiger partial charge in [-0.25, -0.2) is 0 Å². The van der Waals surface area contributed by atoms with E-state index in [1.807, 2.05) is 32.6 Å². The first kappa shape index (κ1) is 12.5. The predicted molar refractivity (Wildman–Crippen MR) is 59.6 cm³/mol. The molecule has 1 heterocycles. The Morgan fingerprint density at radius 1 is 1.53 bits per heavy atom. The van der Waals surface area contributed by atoms with E-state index in [1.54, 1.807) is 0 Å². The van der Waals surface area contributed by atoms with Crippen LogP contribution in [0.4, 0.5) is 0 Å². The topological polar surface area (TPSA) is 52.6 Å². The Labute approximate surface area is 91.6 Å². The SMILES string of the molecule is CC1CCN(C(C)(C)C)C(=O)C(CO)N1. The van der Waals surface area contributed by atoms with Crippen molar-refractivity contribution in [3.05, 3.63) is 0 Å². The quantitative estimate of drug-likeness (QED) is 0.662. The van der Waals surface area contributed by atoms with Gasteiger partial charge in [0.25, 0.3) is 0 Å². The summed E-state index contributed by atoms with van der Waals surface area (Å²) in [6.07, 6.45) is 0.930. The molecule has 1 saturated heterocycles. The zero-order chi connectivity index (χ0) is 11.6. The van der Waals surface area contributed by atoms with Crippen molar-refractivity contribution < 1.29 is 9.90 Å². The lowest BCUT2D eigenvalue weighted by Gasteiger charge is -2.36. The van der Waals surface area contributed by atoms with Gasteiger partial charge in [-0.2, -0.15) is 0 Å². The molecule has 1 amide bonds. The molecule has 0 aromatic carbocycles. The van der Waals surface area contributed by atoms with E-state index in [0.717, 1.165) is 13.0 Å². The monoisotopic (exact) mass is 214 g/mol. The molecule has 15 heavy (non-hydrogen) atoms. The first-order valence-electron chi connectivity index (χ1n) is 5.54. The van der Waals surface area contributed by atoms with Crippen molar-refractivity contribution in [2.24, 2.45) is 0 Å². The molecule has 1 rings (SSSR count). The van der Waals surface area contributed by atoms with Crippen molar-refractivity contribution >= 4 is 5.91 Å². The predicted octanol–water partition coefficient (Wildman–Crippen LogP) is 0.356. The minimum atomic E-state index is -0.443. The number of hydrogen-bond acceptors (Lipinski definition) is 3. The average Bonchev–Trinajstić information content (AvgIpc) is 2.24. The minimum Gasteiger partial charge on any atom is -0.394 e. The Bertz CT molecular complexity index is 235. The Morgan fingerprint density at radius 2 is 2.13 bits per heavy atom. The highest BCUT2D eigenvalue weighted by molar-refractivity contribution is 5.83. The van der Waals surface area contributed by atoms with E-state index in [9.17, 15) is 9.90 Å². The summed E-state index contributed by atoms with van der Waals surface area (Å²) in [6, 6.07) is -0.167. The maximum Gasteiger partial charge on any atom is 0.242 e. The van der Waals surface area contributed by atoms with Gasteiger partial charge in [-0.3, -0.25) is 4.79 Å². The molecule has 0 radical (unpaired) electrons. The van der Waals surface area contributed by atoms with Crippen molar-refractivity contribution in [1.29, 1.82) is 0 Å². The fourth-order valence-corrected chi connectivity index (χ4v) is 1.92. The Balaban J connectivity index is 2.85. The summed E-state index contributed by atoms with van der Waals surface area (Å²) in [6.45, 7) is 8.74. The second-order valence-corrected chi connectivity index (χ2v) is 5.25. The molecule has 4 nitrogen and oxygen atoms in total. The van der Waals surface area contributed by atoms with E-state index in [1.165, 1.54) is 0 Å². The summed E-state index contributed by atoms with van der Waals surface area (Å²) in [5, 5.41) is 12.3. The summed E-state index contributed by atoms with van der Waals surface area (Å²) in [5.74, 6) is 0.00866. The number of amides is 1. The molecule has 0 saturated carbocycles. The van der Waals surface area contributed by atoms with Gasteiger partial charge >= 0.3 is 0 Å². The van der Waals surface area contributed by atoms with Crippen LogP contribution in [0.2, 0.25) is 0 Å². The maximum atomic E-state index is 12.1. The van der Waals surface area contributed by atoms with Crippen molar-refractivity contribution in [2.45, 2.75) is 51.7 Å². The number of hydrogen-bond donors (Lipinski definition) is 2. The second-order valence-electron chi connectivity index (χ2n) is 5.25. The molecule has 0 aromatic heterocycles. The first-order valence-corrected chi connectivity index (χ1v) is 5.54. The maximum absolute atomic E-state index is 12.1. The standard InChI is InChI=1S/C11H22N2O2/c1-8-5-6-13(11(2,3)4)10(15)9(7-14)12-8/h8-9,12,14H,5-7H2,1-4H3. The van der Waals surface area contributed by atoms with Gasteiger partial charge < -0.3 is 15.3 Å². The van der Waals surface area contributed by atoms with Gasteiger partial charge in [0.05, 0.1) is 6.61 Å². The van der Waals surface area contributed by atoms with Crippen LogP contribution in [0.5, 0.6) is 0 Å². The number of carbonyl (C=O) groups is 1. The first-order chi connectivity index (χ1) is 6.86. The molecule has 2 N–H and O–H groups in total. The lowest BCUT2D eigenvalue weighted by Crippen LogP contribution is -2.53. The lowest BCUT2D eigenvalue weighted by atomic mass is 10.0. The van der Waals surface area contributed by atoms with Crippen molar-refractivity contribution in [2.75, 3.05) is 13.2 Å². The van der Waals surface area contributed by atoms with E-state index >= 15 is 0 Å². The van der Waals surface area contributed by atoms with Crippen molar-refractivity contribution in [3.8, 4) is 0 Å². The van der Waals surface area contributed by atoms with Gasteiger partial charge in [0, 0.05) is 18.1 Å². The van der Waals surface area contributed by atoms with E-state index in [0.29, 0.717) is 0 Å². The average molecular weight is 214 g/mol. The molecule has 1 fully saturated rings. The third-order valence-corrected chi connectivity index (χ3v) is 2.83. The second kappa shape index (κ2) is 4.49. The number of aliphatic hydroxyl groups is 1. The van der Waals surface area contributed by atoms with Gasteiger partial charge in [0.1, 0.15) is 6.04 Å². The lowest BCUT2D eigenvalue weighted by molar-refractivity contribution is -0.138. The smallest absolute Gasteiger partial charge is 0.242 e. The highest BCUT2D eigenvalue weighted by atomic mass is 16.3. The molecular formula is C11H22N2O2. The molecule has 2 atom stereocenters. The van der Waals surface area contributed by atoms with Crippen LogP contribution in [0.25, 0.3) is 0 Å². The largest absolute Gasteiger partial charge is 0.394 e. The molecule has 88 valence electrons. The molecule has 0 aliphatic carbocycles. The zero-order valence-electron chi connectivity index (χ0n) is 10.1. The third-order valence-electron chi connectivity index (χ3n) is 2.83. The summed E-state index contributed by atoms with van der Waals surface area (Å²) >= 11 is 0. The van der Waals surface area contributed by atoms with E-state index in [4.69, 9.17) is 0 Å². The number of nitrogens with zero attached hydrogens (tertiary/aromatic N) is 1. The minimum absolute atomic E-state index is 0.00866. The van der Waals surface area contributed by atoms with Crippen LogP contribution in [0.1, 0.15) is 34.1 Å². The molecule has 0 spiro atoms. The summed E-state index contributed by atoms with van der Waals surface area (Å²) < 4.78 is 0. The van der Waals surface area contributed by atoms with Crippen LogP contribution in [0.15, 0.2) is 0 Å². The summed E-state index contributed by atoms with van der Waals surface area (Å²) in [7, 11) is 0. The zero-order valence-corrected chi connectivity index (χ0v) is 10.1. The molecule has 4 heteroatoms. The van der Waals surface area contributed by atoms with Gasteiger partial charge in [0.2, 0.25) is 5.91 Å². The van der Waals surface area contributed by atoms with Crippen LogP contribution in [-0.4, -0.2) is 46.7 Å². The van der Waals surface area contributed by atoms with Gasteiger partial charge in [-0.05, 0) is 34.1 Å². The fraction of sp³-hybridized carbons (Fsp3) is 0.909. The van der Waals surface area contributed by atoms with Gasteiger partial charge in [0.15, 0.2) is 0 Å². The van der Waals surface area contributed by atoms with Crippen molar-refractivity contribution in [3.63, 3.8) is 0 Å². The molecule has 1 aliphatic heterocycles. The number of nitrogens with one attached hydrogen (secondary N) is 1. The molecular weight excluding hydrogens is 192 g/mol. The van der Waals surface area contributed by atoms with Crippen molar-refractivity contribution in [1.82, 2.24) is 10.2 Å². The van der Waals surface area contributed by atoms with E-state index in [-0.39, 0.29) is 24.1 Å². The van der Waals surface area contributed by atoms with Gasteiger partial charge in [-0.1, -0.05) is 0 Å². The van der Waals surface area contributed by atoms with Crippen LogP contribution >= 0.6 is 0 Å². The fourth-order valence-electron chi connectivity index (χ4n) is 1.92. The molecule has 0 bridgehead atoms. The summed E-state index contributed by atoms with van der Waals surface area (Å²) in [4.78, 5) is 13.9. The highest BCUT2D eigenvalue weighted by Crippen LogP contribution is 2.18. The van der Waals surface area contributed by atoms with Crippen LogP contribution < -0.4 is 5.32 Å².